The molecule has 1 unspecified atom stereocenters. The molecule has 0 aromatic rings. The molecule has 2 heteroatoms. The van der Waals surface area contributed by atoms with Gasteiger partial charge in [0, 0.05) is 0 Å². The van der Waals surface area contributed by atoms with Gasteiger partial charge in [-0.1, -0.05) is 19.4 Å². The number of aliphatic hydroxyl groups excluding tert-OH is 1. The number of carbonyl (C=O) groups excluding carboxylic acids is 1. The van der Waals surface area contributed by atoms with Crippen LogP contribution in [-0.4, -0.2) is 17.0 Å². The quantitative estimate of drug-likeness (QED) is 0.737. The molecule has 0 aromatic heterocycles. The first-order valence-corrected chi connectivity index (χ1v) is 9.34. The summed E-state index contributed by atoms with van der Waals surface area (Å²) >= 11 is 0. The molecule has 4 saturated carbocycles. The van der Waals surface area contributed by atoms with Crippen LogP contribution in [0.15, 0.2) is 11.6 Å². The summed E-state index contributed by atoms with van der Waals surface area (Å²) < 4.78 is 0. The number of fused-ring (bicyclic) bond motifs is 3. The third kappa shape index (κ3) is 1.36. The molecule has 5 rings (SSSR count). The van der Waals surface area contributed by atoms with E-state index in [9.17, 15) is 9.90 Å². The molecule has 120 valence electrons. The zero-order valence-corrected chi connectivity index (χ0v) is 13.9. The van der Waals surface area contributed by atoms with Gasteiger partial charge in [0.25, 0.3) is 0 Å². The third-order valence-electron chi connectivity index (χ3n) is 9.01. The fourth-order valence-electron chi connectivity index (χ4n) is 7.81. The summed E-state index contributed by atoms with van der Waals surface area (Å²) in [7, 11) is 0. The Morgan fingerprint density at radius 3 is 2.64 bits per heavy atom. The minimum absolute atomic E-state index is 0.0464. The highest BCUT2D eigenvalue weighted by Gasteiger charge is 2.74. The van der Waals surface area contributed by atoms with Crippen LogP contribution in [0.2, 0.25) is 0 Å². The van der Waals surface area contributed by atoms with Gasteiger partial charge in [0.15, 0.2) is 5.78 Å². The van der Waals surface area contributed by atoms with E-state index in [0.717, 1.165) is 18.3 Å². The van der Waals surface area contributed by atoms with Gasteiger partial charge >= 0.3 is 0 Å². The van der Waals surface area contributed by atoms with Crippen LogP contribution in [0, 0.1) is 34.0 Å². The molecule has 1 N–H and O–H groups in total. The van der Waals surface area contributed by atoms with Crippen molar-refractivity contribution in [3.8, 4) is 0 Å². The van der Waals surface area contributed by atoms with Gasteiger partial charge in [-0.05, 0) is 91.4 Å². The number of aliphatic hydroxyl groups is 1. The first kappa shape index (κ1) is 13.8. The molecule has 0 amide bonds. The summed E-state index contributed by atoms with van der Waals surface area (Å²) in [5.41, 5.74) is 2.68. The molecule has 5 aliphatic rings. The number of carbonyl (C=O) groups is 1. The highest BCUT2D eigenvalue weighted by Crippen LogP contribution is 2.82. The summed E-state index contributed by atoms with van der Waals surface area (Å²) in [6.45, 7) is 4.93. The Kier molecular flexibility index (Phi) is 2.43. The largest absolute Gasteiger partial charge is 0.385 e. The van der Waals surface area contributed by atoms with Gasteiger partial charge in [-0.3, -0.25) is 4.79 Å². The van der Waals surface area contributed by atoms with E-state index in [1.54, 1.807) is 0 Å². The number of hydrogen-bond donors (Lipinski definition) is 1. The van der Waals surface area contributed by atoms with E-state index >= 15 is 0 Å². The van der Waals surface area contributed by atoms with E-state index in [2.05, 4.69) is 13.8 Å². The minimum Gasteiger partial charge on any atom is -0.385 e. The van der Waals surface area contributed by atoms with Crippen molar-refractivity contribution in [1.82, 2.24) is 0 Å². The Bertz CT molecular complexity index is 593. The first-order chi connectivity index (χ1) is 10.4. The van der Waals surface area contributed by atoms with Crippen LogP contribution in [0.25, 0.3) is 0 Å². The minimum atomic E-state index is -0.753. The maximum atomic E-state index is 11.9. The summed E-state index contributed by atoms with van der Waals surface area (Å²) in [6, 6.07) is 0. The fraction of sp³-hybridized carbons (Fsp3) is 0.850. The highest BCUT2D eigenvalue weighted by atomic mass is 16.3. The zero-order chi connectivity index (χ0) is 15.3. The van der Waals surface area contributed by atoms with Crippen LogP contribution in [0.4, 0.5) is 0 Å². The smallest absolute Gasteiger partial charge is 0.184 e. The van der Waals surface area contributed by atoms with Crippen molar-refractivity contribution in [1.29, 1.82) is 0 Å². The molecular formula is C20H28O2. The van der Waals surface area contributed by atoms with E-state index in [1.165, 1.54) is 44.1 Å². The van der Waals surface area contributed by atoms with Crippen molar-refractivity contribution in [2.45, 2.75) is 71.3 Å². The average molecular weight is 300 g/mol. The van der Waals surface area contributed by atoms with Crippen LogP contribution in [-0.2, 0) is 4.79 Å². The van der Waals surface area contributed by atoms with E-state index in [0.29, 0.717) is 23.2 Å². The molecule has 22 heavy (non-hydrogen) atoms. The van der Waals surface area contributed by atoms with Crippen molar-refractivity contribution in [3.05, 3.63) is 11.6 Å². The molecule has 1 spiro atoms. The molecule has 0 radical (unpaired) electrons. The standard InChI is InChI=1S/C20H28O2/c1-18-7-5-13-10-20(13,18)15-4-3-12-9-16(21)17(22)11-19(12,2)14(15)6-8-18/h9,13-15,17,22H,3-8,10-11H2,1-2H3/t13-,14+,15-,17?,18+,19+,20+/m1/s1. The Morgan fingerprint density at radius 2 is 1.86 bits per heavy atom. The lowest BCUT2D eigenvalue weighted by Gasteiger charge is -2.59. The molecule has 0 aliphatic heterocycles. The number of allylic oxidation sites excluding steroid dienone is 1. The monoisotopic (exact) mass is 300 g/mol. The van der Waals surface area contributed by atoms with Gasteiger partial charge in [0.05, 0.1) is 0 Å². The lowest BCUT2D eigenvalue weighted by Crippen LogP contribution is -2.53. The van der Waals surface area contributed by atoms with Crippen molar-refractivity contribution in [2.75, 3.05) is 0 Å². The first-order valence-electron chi connectivity index (χ1n) is 9.34. The predicted octanol–water partition coefficient (Wildman–Crippen LogP) is 3.88. The topological polar surface area (TPSA) is 37.3 Å². The molecule has 0 saturated heterocycles. The van der Waals surface area contributed by atoms with Crippen molar-refractivity contribution in [2.24, 2.45) is 34.0 Å². The number of ketones is 1. The second kappa shape index (κ2) is 3.88. The SMILES string of the molecule is C[C@@]12CC[C@@H]3C[C@@]31[C@@H]1CCC3=CC(=O)C(O)C[C@]3(C)[C@H]1CC2. The van der Waals surface area contributed by atoms with Gasteiger partial charge in [-0.25, -0.2) is 0 Å². The molecule has 4 fully saturated rings. The molecular weight excluding hydrogens is 272 g/mol. The van der Waals surface area contributed by atoms with Gasteiger partial charge in [0.1, 0.15) is 6.10 Å². The normalized spacial score (nSPS) is 59.0. The van der Waals surface area contributed by atoms with Crippen LogP contribution in [0.3, 0.4) is 0 Å². The van der Waals surface area contributed by atoms with Crippen molar-refractivity contribution >= 4 is 5.78 Å². The maximum Gasteiger partial charge on any atom is 0.184 e. The van der Waals surface area contributed by atoms with E-state index in [4.69, 9.17) is 0 Å². The molecule has 5 aliphatic carbocycles. The Morgan fingerprint density at radius 1 is 1.09 bits per heavy atom. The number of hydrogen-bond acceptors (Lipinski definition) is 2. The molecule has 7 atom stereocenters. The average Bonchev–Trinajstić information content (AvgIpc) is 3.12. The van der Waals surface area contributed by atoms with Crippen LogP contribution in [0.5, 0.6) is 0 Å². The van der Waals surface area contributed by atoms with Gasteiger partial charge < -0.3 is 5.11 Å². The highest BCUT2D eigenvalue weighted by molar-refractivity contribution is 5.95. The van der Waals surface area contributed by atoms with E-state index in [1.807, 2.05) is 6.08 Å². The van der Waals surface area contributed by atoms with Gasteiger partial charge in [-0.2, -0.15) is 0 Å². The van der Waals surface area contributed by atoms with Gasteiger partial charge in [-0.15, -0.1) is 0 Å². The zero-order valence-electron chi connectivity index (χ0n) is 13.9. The predicted molar refractivity (Wildman–Crippen MR) is 85.1 cm³/mol. The summed E-state index contributed by atoms with van der Waals surface area (Å²) in [5, 5.41) is 10.2. The Labute approximate surface area is 133 Å². The lowest BCUT2D eigenvalue weighted by atomic mass is 9.45. The molecule has 0 aromatic carbocycles. The van der Waals surface area contributed by atoms with Crippen LogP contribution in [0.1, 0.15) is 65.2 Å². The van der Waals surface area contributed by atoms with E-state index in [-0.39, 0.29) is 11.2 Å². The summed E-state index contributed by atoms with van der Waals surface area (Å²) in [4.78, 5) is 11.9. The van der Waals surface area contributed by atoms with Gasteiger partial charge in [0.2, 0.25) is 0 Å². The van der Waals surface area contributed by atoms with Crippen molar-refractivity contribution < 1.29 is 9.90 Å². The molecule has 0 heterocycles. The fourth-order valence-corrected chi connectivity index (χ4v) is 7.81. The summed E-state index contributed by atoms with van der Waals surface area (Å²) in [5.74, 6) is 2.50. The van der Waals surface area contributed by atoms with Crippen molar-refractivity contribution in [3.63, 3.8) is 0 Å². The summed E-state index contributed by atoms with van der Waals surface area (Å²) in [6.07, 6.45) is 11.2. The third-order valence-corrected chi connectivity index (χ3v) is 9.01. The second-order valence-corrected chi connectivity index (χ2v) is 9.54. The number of rotatable bonds is 0. The van der Waals surface area contributed by atoms with Crippen LogP contribution < -0.4 is 0 Å². The second-order valence-electron chi connectivity index (χ2n) is 9.54. The molecule has 2 nitrogen and oxygen atoms in total. The Balaban J connectivity index is 1.57. The Hall–Kier alpha value is -0.630. The molecule has 0 bridgehead atoms. The maximum absolute atomic E-state index is 11.9. The van der Waals surface area contributed by atoms with E-state index < -0.39 is 6.10 Å². The lowest BCUT2D eigenvalue weighted by molar-refractivity contribution is -0.128. The van der Waals surface area contributed by atoms with Crippen LogP contribution >= 0.6 is 0 Å².